The second kappa shape index (κ2) is 6.53. The summed E-state index contributed by atoms with van der Waals surface area (Å²) in [5, 5.41) is 0. The molecule has 0 aromatic rings. The average molecular weight is 238 g/mol. The fourth-order valence-electron chi connectivity index (χ4n) is 3.32. The first-order valence-corrected chi connectivity index (χ1v) is 7.44. The molecule has 2 rings (SSSR count). The highest BCUT2D eigenvalue weighted by Gasteiger charge is 2.27. The van der Waals surface area contributed by atoms with Crippen LogP contribution in [0.25, 0.3) is 0 Å². The van der Waals surface area contributed by atoms with Crippen molar-refractivity contribution in [3.05, 3.63) is 0 Å². The maximum Gasteiger partial charge on any atom is 0.135 e. The molecule has 98 valence electrons. The van der Waals surface area contributed by atoms with Crippen molar-refractivity contribution in [2.45, 2.75) is 70.8 Å². The zero-order valence-electron chi connectivity index (χ0n) is 11.1. The maximum absolute atomic E-state index is 11.9. The van der Waals surface area contributed by atoms with Crippen LogP contribution >= 0.6 is 0 Å². The van der Waals surface area contributed by atoms with E-state index in [0.29, 0.717) is 17.8 Å². The molecule has 17 heavy (non-hydrogen) atoms. The number of ether oxygens (including phenoxy) is 1. The largest absolute Gasteiger partial charge is 0.378 e. The Morgan fingerprint density at radius 2 is 2.18 bits per heavy atom. The highest BCUT2D eigenvalue weighted by molar-refractivity contribution is 5.81. The zero-order chi connectivity index (χ0) is 12.1. The third kappa shape index (κ3) is 3.80. The van der Waals surface area contributed by atoms with E-state index in [1.807, 2.05) is 0 Å². The molecule has 1 saturated carbocycles. The molecule has 0 aromatic carbocycles. The van der Waals surface area contributed by atoms with E-state index in [9.17, 15) is 4.79 Å². The Bertz CT molecular complexity index is 243. The quantitative estimate of drug-likeness (QED) is 0.729. The lowest BCUT2D eigenvalue weighted by atomic mass is 9.77. The van der Waals surface area contributed by atoms with E-state index < -0.39 is 0 Å². The van der Waals surface area contributed by atoms with Crippen LogP contribution in [0, 0.1) is 11.8 Å². The third-order valence-corrected chi connectivity index (χ3v) is 4.55. The van der Waals surface area contributed by atoms with Gasteiger partial charge in [-0.05, 0) is 44.4 Å². The van der Waals surface area contributed by atoms with Gasteiger partial charge in [0.15, 0.2) is 0 Å². The van der Waals surface area contributed by atoms with Crippen LogP contribution in [-0.4, -0.2) is 18.5 Å². The number of carbonyl (C=O) groups is 1. The molecule has 1 aliphatic carbocycles. The van der Waals surface area contributed by atoms with Crippen molar-refractivity contribution in [3.63, 3.8) is 0 Å². The van der Waals surface area contributed by atoms with Crippen molar-refractivity contribution >= 4 is 5.78 Å². The van der Waals surface area contributed by atoms with Crippen molar-refractivity contribution in [1.29, 1.82) is 0 Å². The summed E-state index contributed by atoms with van der Waals surface area (Å²) >= 11 is 0. The molecule has 3 unspecified atom stereocenters. The molecule has 2 fully saturated rings. The monoisotopic (exact) mass is 238 g/mol. The lowest BCUT2D eigenvalue weighted by Crippen LogP contribution is -2.24. The van der Waals surface area contributed by atoms with Crippen molar-refractivity contribution in [2.24, 2.45) is 11.8 Å². The zero-order valence-corrected chi connectivity index (χ0v) is 11.1. The number of hydrogen-bond acceptors (Lipinski definition) is 2. The summed E-state index contributed by atoms with van der Waals surface area (Å²) in [4.78, 5) is 11.9. The van der Waals surface area contributed by atoms with Gasteiger partial charge in [0.05, 0.1) is 6.10 Å². The Morgan fingerprint density at radius 3 is 2.88 bits per heavy atom. The third-order valence-electron chi connectivity index (χ3n) is 4.55. The van der Waals surface area contributed by atoms with Crippen LogP contribution < -0.4 is 0 Å². The Balaban J connectivity index is 1.67. The van der Waals surface area contributed by atoms with Gasteiger partial charge in [0.25, 0.3) is 0 Å². The SMILES string of the molecule is CCC1CCC(=O)C(CCCC2CCCO2)C1. The fourth-order valence-corrected chi connectivity index (χ4v) is 3.32. The molecule has 0 aromatic heterocycles. The predicted molar refractivity (Wildman–Crippen MR) is 69.0 cm³/mol. The van der Waals surface area contributed by atoms with Crippen LogP contribution in [0.2, 0.25) is 0 Å². The molecule has 1 aliphatic heterocycles. The van der Waals surface area contributed by atoms with E-state index in [2.05, 4.69) is 6.92 Å². The molecule has 0 radical (unpaired) electrons. The van der Waals surface area contributed by atoms with Gasteiger partial charge in [-0.25, -0.2) is 0 Å². The summed E-state index contributed by atoms with van der Waals surface area (Å²) in [6.45, 7) is 3.20. The van der Waals surface area contributed by atoms with Gasteiger partial charge in [0.2, 0.25) is 0 Å². The second-order valence-electron chi connectivity index (χ2n) is 5.78. The first kappa shape index (κ1) is 13.1. The van der Waals surface area contributed by atoms with Crippen molar-refractivity contribution in [1.82, 2.24) is 0 Å². The predicted octanol–water partition coefficient (Wildman–Crippen LogP) is 3.73. The second-order valence-corrected chi connectivity index (χ2v) is 5.78. The van der Waals surface area contributed by atoms with Crippen LogP contribution in [0.1, 0.15) is 64.7 Å². The van der Waals surface area contributed by atoms with Crippen molar-refractivity contribution in [3.8, 4) is 0 Å². The van der Waals surface area contributed by atoms with E-state index in [1.54, 1.807) is 0 Å². The summed E-state index contributed by atoms with van der Waals surface area (Å²) in [6, 6.07) is 0. The molecule has 0 amide bonds. The van der Waals surface area contributed by atoms with Gasteiger partial charge in [-0.3, -0.25) is 4.79 Å². The van der Waals surface area contributed by atoms with Gasteiger partial charge < -0.3 is 4.74 Å². The fraction of sp³-hybridized carbons (Fsp3) is 0.933. The van der Waals surface area contributed by atoms with Gasteiger partial charge in [0.1, 0.15) is 5.78 Å². The topological polar surface area (TPSA) is 26.3 Å². The number of ketones is 1. The van der Waals surface area contributed by atoms with Gasteiger partial charge in [0, 0.05) is 18.9 Å². The molecule has 2 nitrogen and oxygen atoms in total. The number of Topliss-reactive ketones (excluding diaryl/α,β-unsaturated/α-hetero) is 1. The van der Waals surface area contributed by atoms with Gasteiger partial charge >= 0.3 is 0 Å². The minimum Gasteiger partial charge on any atom is -0.378 e. The molecular weight excluding hydrogens is 212 g/mol. The molecule has 0 N–H and O–H groups in total. The molecule has 0 bridgehead atoms. The van der Waals surface area contributed by atoms with Gasteiger partial charge in [-0.1, -0.05) is 19.8 Å². The van der Waals surface area contributed by atoms with Crippen LogP contribution in [0.15, 0.2) is 0 Å². The van der Waals surface area contributed by atoms with Crippen LogP contribution in [-0.2, 0) is 9.53 Å². The van der Waals surface area contributed by atoms with Crippen LogP contribution in [0.5, 0.6) is 0 Å². The van der Waals surface area contributed by atoms with Crippen molar-refractivity contribution < 1.29 is 9.53 Å². The van der Waals surface area contributed by atoms with Crippen LogP contribution in [0.3, 0.4) is 0 Å². The number of carbonyl (C=O) groups excluding carboxylic acids is 1. The summed E-state index contributed by atoms with van der Waals surface area (Å²) in [6.07, 6.45) is 10.8. The number of hydrogen-bond donors (Lipinski definition) is 0. The van der Waals surface area contributed by atoms with E-state index in [-0.39, 0.29) is 0 Å². The smallest absolute Gasteiger partial charge is 0.135 e. The summed E-state index contributed by atoms with van der Waals surface area (Å²) in [7, 11) is 0. The number of rotatable bonds is 5. The molecular formula is C15H26O2. The first-order chi connectivity index (χ1) is 8.29. The van der Waals surface area contributed by atoms with E-state index in [0.717, 1.165) is 38.2 Å². The summed E-state index contributed by atoms with van der Waals surface area (Å²) < 4.78 is 5.63. The maximum atomic E-state index is 11.9. The van der Waals surface area contributed by atoms with Gasteiger partial charge in [-0.2, -0.15) is 0 Å². The lowest BCUT2D eigenvalue weighted by molar-refractivity contribution is -0.125. The summed E-state index contributed by atoms with van der Waals surface area (Å²) in [5.74, 6) is 1.71. The normalized spacial score (nSPS) is 34.2. The molecule has 2 aliphatic rings. The Hall–Kier alpha value is -0.370. The Morgan fingerprint density at radius 1 is 1.29 bits per heavy atom. The van der Waals surface area contributed by atoms with Gasteiger partial charge in [-0.15, -0.1) is 0 Å². The van der Waals surface area contributed by atoms with Crippen molar-refractivity contribution in [2.75, 3.05) is 6.61 Å². The molecule has 0 spiro atoms. The molecule has 1 saturated heterocycles. The Kier molecular flexibility index (Phi) is 5.02. The minimum absolute atomic E-state index is 0.370. The molecule has 2 heteroatoms. The minimum atomic E-state index is 0.370. The van der Waals surface area contributed by atoms with E-state index in [1.165, 1.54) is 32.1 Å². The lowest BCUT2D eigenvalue weighted by Gasteiger charge is -2.27. The van der Waals surface area contributed by atoms with Crippen LogP contribution in [0.4, 0.5) is 0 Å². The Labute approximate surface area is 105 Å². The standard InChI is InChI=1S/C15H26O2/c1-2-12-8-9-15(16)13(11-12)5-3-6-14-7-4-10-17-14/h12-14H,2-11H2,1H3. The average Bonchev–Trinajstić information content (AvgIpc) is 2.84. The highest BCUT2D eigenvalue weighted by Crippen LogP contribution is 2.32. The first-order valence-electron chi connectivity index (χ1n) is 7.44. The summed E-state index contributed by atoms with van der Waals surface area (Å²) in [5.41, 5.74) is 0. The molecule has 3 atom stereocenters. The molecule has 1 heterocycles. The van der Waals surface area contributed by atoms with E-state index >= 15 is 0 Å². The van der Waals surface area contributed by atoms with E-state index in [4.69, 9.17) is 4.74 Å². The highest BCUT2D eigenvalue weighted by atomic mass is 16.5.